The zero-order chi connectivity index (χ0) is 63.0. The van der Waals surface area contributed by atoms with Gasteiger partial charge in [0.05, 0.1) is 41.5 Å². The number of hydrogen-bond acceptors (Lipinski definition) is 2. The number of hydrogen-bond donors (Lipinski definition) is 0. The second-order valence-electron chi connectivity index (χ2n) is 22.1. The van der Waals surface area contributed by atoms with Gasteiger partial charge >= 0.3 is 0 Å². The summed E-state index contributed by atoms with van der Waals surface area (Å²) < 4.78 is 104. The number of benzene rings is 10. The SMILES string of the molecule is [2H]c1c([2H])c([2H])c(-c2cccc(-c3c([2H])c([2H])c([2H])c([2H])c3[2H])c2-[n+]2[c-]n(-c3[c-]c(Oc4[c-]c5c(cc4)c4cc(-n6c7ccccc7c7ccccc76)ccc4n5-c4cc(C(C)(C)C)ccn4)ccc3)c3ccc(-c4ccc(C(C)(C)C)cc4)cc32)c([2H])c1[2H].[Pt]. The molecule has 0 aliphatic carbocycles. The molecule has 0 unspecified atom stereocenters. The number of fused-ring (bicyclic) bond motifs is 7. The first-order valence-corrected chi connectivity index (χ1v) is 26.6. The number of nitrogens with zero attached hydrogens (tertiary/aromatic N) is 5. The molecule has 6 nitrogen and oxygen atoms in total. The normalized spacial score (nSPS) is 13.7. The number of para-hydroxylation sites is 3. The summed E-state index contributed by atoms with van der Waals surface area (Å²) >= 11 is 0. The number of ether oxygens (including phenoxy) is 1. The molecule has 4 heterocycles. The van der Waals surface area contributed by atoms with Crippen LogP contribution in [-0.4, -0.2) is 18.7 Å². The number of rotatable bonds is 9. The summed E-state index contributed by atoms with van der Waals surface area (Å²) in [6, 6.07) is 57.8. The average Bonchev–Trinajstić information content (AvgIpc) is 1.68. The summed E-state index contributed by atoms with van der Waals surface area (Å²) in [7, 11) is 0. The smallest absolute Gasteiger partial charge is 0.268 e. The van der Waals surface area contributed by atoms with Crippen molar-refractivity contribution >= 4 is 54.6 Å². The van der Waals surface area contributed by atoms with Gasteiger partial charge in [0.1, 0.15) is 5.82 Å². The number of aromatic nitrogens is 5. The monoisotopic (exact) mass is 1240 g/mol. The Morgan fingerprint density at radius 2 is 1.09 bits per heavy atom. The molecular formula is C74H57N5OPt-2. The van der Waals surface area contributed by atoms with Crippen molar-refractivity contribution in [3.8, 4) is 67.8 Å². The van der Waals surface area contributed by atoms with Crippen LogP contribution in [0.5, 0.6) is 11.5 Å². The summed E-state index contributed by atoms with van der Waals surface area (Å²) in [5.41, 5.74) is 10.2. The van der Waals surface area contributed by atoms with Crippen LogP contribution in [0.2, 0.25) is 0 Å². The molecule has 0 aliphatic heterocycles. The molecule has 14 aromatic rings. The fourth-order valence-electron chi connectivity index (χ4n) is 11.1. The van der Waals surface area contributed by atoms with E-state index in [2.05, 4.69) is 178 Å². The summed E-state index contributed by atoms with van der Waals surface area (Å²) in [5.74, 6) is 1.47. The molecule has 7 heteroatoms. The molecule has 0 saturated carbocycles. The first kappa shape index (κ1) is 41.0. The molecule has 0 fully saturated rings. The van der Waals surface area contributed by atoms with Gasteiger partial charge in [-0.3, -0.25) is 4.57 Å². The molecule has 14 rings (SSSR count). The van der Waals surface area contributed by atoms with Gasteiger partial charge in [-0.15, -0.1) is 29.7 Å². The third-order valence-electron chi connectivity index (χ3n) is 15.1. The van der Waals surface area contributed by atoms with Crippen LogP contribution >= 0.6 is 0 Å². The second kappa shape index (κ2) is 20.2. The van der Waals surface area contributed by atoms with Gasteiger partial charge in [-0.25, -0.2) is 4.98 Å². The Labute approximate surface area is 501 Å². The molecule has 0 atom stereocenters. The third-order valence-corrected chi connectivity index (χ3v) is 15.1. The summed E-state index contributed by atoms with van der Waals surface area (Å²) in [6.07, 6.45) is 5.38. The van der Waals surface area contributed by atoms with Crippen molar-refractivity contribution < 1.29 is 44.1 Å². The predicted molar refractivity (Wildman–Crippen MR) is 328 cm³/mol. The Morgan fingerprint density at radius 1 is 0.481 bits per heavy atom. The topological polar surface area (TPSA) is 40.8 Å². The summed E-state index contributed by atoms with van der Waals surface area (Å²) in [4.78, 5) is 4.97. The second-order valence-corrected chi connectivity index (χ2v) is 22.1. The van der Waals surface area contributed by atoms with E-state index in [4.69, 9.17) is 17.9 Å². The van der Waals surface area contributed by atoms with Crippen molar-refractivity contribution in [2.45, 2.75) is 52.4 Å². The van der Waals surface area contributed by atoms with Gasteiger partial charge in [0.2, 0.25) is 0 Å². The van der Waals surface area contributed by atoms with E-state index in [1.165, 1.54) is 10.8 Å². The van der Waals surface area contributed by atoms with E-state index in [0.29, 0.717) is 28.2 Å². The Hall–Kier alpha value is -9.09. The first-order valence-electron chi connectivity index (χ1n) is 31.6. The van der Waals surface area contributed by atoms with Crippen LogP contribution in [0.1, 0.15) is 66.4 Å². The Bertz CT molecular complexity index is 5130. The minimum Gasteiger partial charge on any atom is -0.510 e. The van der Waals surface area contributed by atoms with Gasteiger partial charge in [0, 0.05) is 60.7 Å². The average molecular weight is 1240 g/mol. The maximum Gasteiger partial charge on any atom is 0.268 e. The Balaban J connectivity index is 0.00000758. The maximum atomic E-state index is 9.27. The van der Waals surface area contributed by atoms with E-state index in [1.807, 2.05) is 42.6 Å². The fourth-order valence-corrected chi connectivity index (χ4v) is 11.1. The van der Waals surface area contributed by atoms with E-state index in [1.54, 1.807) is 33.4 Å². The van der Waals surface area contributed by atoms with Gasteiger partial charge in [0.15, 0.2) is 0 Å². The molecule has 0 spiro atoms. The van der Waals surface area contributed by atoms with E-state index in [0.717, 1.165) is 66.6 Å². The van der Waals surface area contributed by atoms with E-state index >= 15 is 0 Å². The van der Waals surface area contributed by atoms with Crippen molar-refractivity contribution in [3.63, 3.8) is 0 Å². The summed E-state index contributed by atoms with van der Waals surface area (Å²) in [5, 5.41) is 4.28. The molecule has 0 amide bonds. The van der Waals surface area contributed by atoms with Crippen molar-refractivity contribution in [2.24, 2.45) is 0 Å². The van der Waals surface area contributed by atoms with Crippen molar-refractivity contribution in [3.05, 3.63) is 266 Å². The minimum absolute atomic E-state index is 0. The zero-order valence-electron chi connectivity index (χ0n) is 55.2. The molecule has 0 bridgehead atoms. The van der Waals surface area contributed by atoms with Gasteiger partial charge < -0.3 is 18.4 Å². The molecule has 396 valence electrons. The van der Waals surface area contributed by atoms with Gasteiger partial charge in [0.25, 0.3) is 6.33 Å². The van der Waals surface area contributed by atoms with Gasteiger partial charge in [-0.2, -0.15) is 18.2 Å². The van der Waals surface area contributed by atoms with Crippen LogP contribution in [0, 0.1) is 18.5 Å². The molecule has 81 heavy (non-hydrogen) atoms. The fraction of sp³-hybridized carbons (Fsp3) is 0.108. The molecule has 0 aliphatic rings. The van der Waals surface area contributed by atoms with Gasteiger partial charge in [-0.1, -0.05) is 198 Å². The molecular weight excluding hydrogens is 1170 g/mol. The minimum atomic E-state index is -0.583. The standard InChI is InChI=1S/C74H57N5O.Pt/c1-73(2,3)53-34-31-49(32-35-53)52-33-39-68-70(43-52)77(72-59(50-19-9-7-10-20-50)27-18-28-60(72)51-21-11-8-12-22-51)48-76(68)55-23-17-24-57(45-55)80-58-37-38-63-64-46-56(78-65-29-15-13-25-61(65)62-26-14-16-30-66(62)78)36-40-67(64)79(69(63)47-58)71-44-54(41-42-75-71)74(4,5)6;/h7-44,46H,1-6H3;/q-2;/i7D,8D,9D,10D,11D,12D,19D,20D,21D,22D;. The first-order chi connectivity index (χ1) is 43.1. The van der Waals surface area contributed by atoms with Crippen LogP contribution in [0.15, 0.2) is 236 Å². The molecule has 4 aromatic heterocycles. The van der Waals surface area contributed by atoms with Gasteiger partial charge in [-0.05, 0) is 115 Å². The Morgan fingerprint density at radius 3 is 1.75 bits per heavy atom. The van der Waals surface area contributed by atoms with Crippen LogP contribution in [-0.2, 0) is 31.9 Å². The molecule has 0 radical (unpaired) electrons. The van der Waals surface area contributed by atoms with E-state index in [9.17, 15) is 5.48 Å². The molecule has 10 aromatic carbocycles. The Kier molecular flexibility index (Phi) is 10.2. The van der Waals surface area contributed by atoms with Crippen molar-refractivity contribution in [1.82, 2.24) is 18.7 Å². The predicted octanol–water partition coefficient (Wildman–Crippen LogP) is 18.3. The number of pyridine rings is 1. The zero-order valence-corrected chi connectivity index (χ0v) is 47.5. The quantitative estimate of drug-likeness (QED) is 0.107. The maximum absolute atomic E-state index is 9.27. The molecule has 0 saturated heterocycles. The van der Waals surface area contributed by atoms with Crippen LogP contribution in [0.25, 0.3) is 111 Å². The summed E-state index contributed by atoms with van der Waals surface area (Å²) in [6.45, 7) is 13.0. The van der Waals surface area contributed by atoms with E-state index < -0.39 is 60.4 Å². The van der Waals surface area contributed by atoms with Crippen LogP contribution in [0.4, 0.5) is 0 Å². The molecule has 0 N–H and O–H groups in total. The third kappa shape index (κ3) is 9.14. The van der Waals surface area contributed by atoms with Crippen LogP contribution in [0.3, 0.4) is 0 Å². The van der Waals surface area contributed by atoms with Crippen LogP contribution < -0.4 is 9.30 Å². The number of imidazole rings is 1. The van der Waals surface area contributed by atoms with Crippen molar-refractivity contribution in [2.75, 3.05) is 0 Å². The van der Waals surface area contributed by atoms with E-state index in [-0.39, 0.29) is 59.8 Å². The largest absolute Gasteiger partial charge is 0.510 e. The van der Waals surface area contributed by atoms with Crippen molar-refractivity contribution in [1.29, 1.82) is 0 Å².